The van der Waals surface area contributed by atoms with Crippen LogP contribution in [0.4, 0.5) is 5.82 Å². The third-order valence-corrected chi connectivity index (χ3v) is 11.1. The molecule has 0 radical (unpaired) electrons. The van der Waals surface area contributed by atoms with Gasteiger partial charge in [0.25, 0.3) is 0 Å². The number of aromatic nitrogens is 8. The summed E-state index contributed by atoms with van der Waals surface area (Å²) < 4.78 is 0. The van der Waals surface area contributed by atoms with Crippen molar-refractivity contribution in [3.63, 3.8) is 0 Å². The van der Waals surface area contributed by atoms with Crippen molar-refractivity contribution in [2.24, 2.45) is 4.99 Å². The summed E-state index contributed by atoms with van der Waals surface area (Å²) in [7, 11) is 0. The number of allylic oxidation sites excluding steroid dienone is 1. The second-order valence-corrected chi connectivity index (χ2v) is 13.8. The maximum absolute atomic E-state index is 5.20. The first-order chi connectivity index (χ1) is 25.8. The number of benzene rings is 2. The largest absolute Gasteiger partial charge is 0.348 e. The van der Waals surface area contributed by atoms with Crippen LogP contribution in [0.1, 0.15) is 34.5 Å². The van der Waals surface area contributed by atoms with Crippen LogP contribution in [0.25, 0.3) is 28.1 Å². The van der Waals surface area contributed by atoms with Crippen LogP contribution < -0.4 is 4.90 Å². The van der Waals surface area contributed by atoms with Gasteiger partial charge in [-0.05, 0) is 64.9 Å². The molecule has 11 nitrogen and oxygen atoms in total. The smallest absolute Gasteiger partial charge is 0.172 e. The van der Waals surface area contributed by atoms with Crippen LogP contribution in [0.3, 0.4) is 0 Å². The summed E-state index contributed by atoms with van der Waals surface area (Å²) in [5, 5.41) is 9.94. The number of pyridine rings is 1. The molecule has 10 rings (SSSR count). The van der Waals surface area contributed by atoms with E-state index in [4.69, 9.17) is 24.9 Å². The fraction of sp³-hybridized carbons (Fsp3) is 0.100. The number of fused-ring (bicyclic) bond motifs is 2. The number of aromatic amines is 3. The van der Waals surface area contributed by atoms with Crippen LogP contribution in [0.2, 0.25) is 0 Å². The Balaban J connectivity index is 1.35. The standard InChI is InChI=1S/C40H31N11S/c1-2-8-27-24-31-28(23-26(27)7-1)12-13-35(52-31)51-37(30-9-3-4-15-42-30)36(29-14-18-48-49-29)38(39-46-21-22-47-39)50(34-11-6-17-45-34)40(51,32-10-5-16-43-32)33-25-41-19-20-44-33/h1-25,32,35,37,45H,(H,46,47)(H,48,49). The zero-order chi connectivity index (χ0) is 34.5. The molecule has 0 bridgehead atoms. The van der Waals surface area contributed by atoms with Crippen molar-refractivity contribution >= 4 is 51.9 Å². The summed E-state index contributed by atoms with van der Waals surface area (Å²) in [6.45, 7) is 0. The van der Waals surface area contributed by atoms with Crippen LogP contribution >= 0.6 is 11.8 Å². The predicted molar refractivity (Wildman–Crippen MR) is 204 cm³/mol. The Morgan fingerprint density at radius 1 is 0.788 bits per heavy atom. The van der Waals surface area contributed by atoms with Crippen molar-refractivity contribution in [3.05, 3.63) is 169 Å². The molecule has 5 aromatic heterocycles. The van der Waals surface area contributed by atoms with Crippen molar-refractivity contribution in [3.8, 4) is 0 Å². The van der Waals surface area contributed by atoms with Crippen LogP contribution in [-0.4, -0.2) is 62.6 Å². The van der Waals surface area contributed by atoms with Gasteiger partial charge in [-0.3, -0.25) is 29.9 Å². The summed E-state index contributed by atoms with van der Waals surface area (Å²) in [5.41, 5.74) is 4.19. The molecule has 0 fully saturated rings. The molecule has 0 amide bonds. The quantitative estimate of drug-likeness (QED) is 0.159. The Morgan fingerprint density at radius 2 is 1.71 bits per heavy atom. The molecule has 7 aromatic rings. The fourth-order valence-electron chi connectivity index (χ4n) is 7.85. The maximum Gasteiger partial charge on any atom is 0.172 e. The molecule has 0 spiro atoms. The first-order valence-corrected chi connectivity index (χ1v) is 17.9. The molecule has 0 aliphatic carbocycles. The lowest BCUT2D eigenvalue weighted by Gasteiger charge is -2.60. The third-order valence-electron chi connectivity index (χ3n) is 9.89. The van der Waals surface area contributed by atoms with Gasteiger partial charge in [0.05, 0.1) is 34.7 Å². The number of hydrogen-bond acceptors (Lipinski definition) is 9. The summed E-state index contributed by atoms with van der Waals surface area (Å²) in [6, 6.07) is 24.3. The van der Waals surface area contributed by atoms with Gasteiger partial charge in [0.2, 0.25) is 0 Å². The maximum atomic E-state index is 5.20. The summed E-state index contributed by atoms with van der Waals surface area (Å²) >= 11 is 1.81. The van der Waals surface area contributed by atoms with Crippen molar-refractivity contribution in [1.29, 1.82) is 0 Å². The minimum Gasteiger partial charge on any atom is -0.348 e. The Hall–Kier alpha value is -6.37. The molecule has 4 atom stereocenters. The highest BCUT2D eigenvalue weighted by Crippen LogP contribution is 2.59. The van der Waals surface area contributed by atoms with Crippen LogP contribution in [0, 0.1) is 0 Å². The molecule has 8 heterocycles. The molecule has 0 saturated carbocycles. The Morgan fingerprint density at radius 3 is 2.44 bits per heavy atom. The second-order valence-electron chi connectivity index (χ2n) is 12.7. The van der Waals surface area contributed by atoms with Gasteiger partial charge in [0.1, 0.15) is 17.6 Å². The zero-order valence-corrected chi connectivity index (χ0v) is 28.5. The number of aliphatic imine (C=N–C) groups is 1. The van der Waals surface area contributed by atoms with E-state index in [1.807, 2.05) is 73.1 Å². The van der Waals surface area contributed by atoms with E-state index in [1.54, 1.807) is 24.8 Å². The zero-order valence-electron chi connectivity index (χ0n) is 27.7. The Kier molecular flexibility index (Phi) is 7.29. The van der Waals surface area contributed by atoms with Crippen LogP contribution in [0.5, 0.6) is 0 Å². The van der Waals surface area contributed by atoms with E-state index in [2.05, 4.69) is 96.7 Å². The van der Waals surface area contributed by atoms with Crippen LogP contribution in [-0.2, 0) is 5.66 Å². The van der Waals surface area contributed by atoms with E-state index in [0.29, 0.717) is 11.5 Å². The lowest BCUT2D eigenvalue weighted by molar-refractivity contribution is 0.0439. The molecule has 4 unspecified atom stereocenters. The second kappa shape index (κ2) is 12.4. The molecular weight excluding hydrogens is 667 g/mol. The van der Waals surface area contributed by atoms with Gasteiger partial charge in [-0.15, -0.1) is 11.8 Å². The lowest BCUT2D eigenvalue weighted by Crippen LogP contribution is -2.68. The van der Waals surface area contributed by atoms with Gasteiger partial charge in [-0.2, -0.15) is 5.10 Å². The molecule has 3 aliphatic heterocycles. The molecule has 252 valence electrons. The van der Waals surface area contributed by atoms with Crippen molar-refractivity contribution in [2.75, 3.05) is 4.90 Å². The van der Waals surface area contributed by atoms with E-state index in [0.717, 1.165) is 28.5 Å². The SMILES string of the molecule is C1=CC(C2(c3cnccn3)N(c3ccc[nH]3)C(c3ncc[nH]3)=C(c3ccn[nH]3)C(c3ccccn3)N2C2C=Cc3cc4ccccc4cc3S2)N=C1. The Bertz CT molecular complexity index is 2460. The van der Waals surface area contributed by atoms with Crippen molar-refractivity contribution in [1.82, 2.24) is 45.0 Å². The van der Waals surface area contributed by atoms with E-state index in [-0.39, 0.29) is 5.37 Å². The topological polar surface area (TPSA) is 131 Å². The fourth-order valence-corrected chi connectivity index (χ4v) is 9.12. The molecule has 12 heteroatoms. The average molecular weight is 698 g/mol. The van der Waals surface area contributed by atoms with Gasteiger partial charge in [-0.1, -0.05) is 48.6 Å². The summed E-state index contributed by atoms with van der Waals surface area (Å²) in [4.78, 5) is 38.1. The molecule has 2 aromatic carbocycles. The van der Waals surface area contributed by atoms with Gasteiger partial charge in [0, 0.05) is 60.1 Å². The number of imidazole rings is 1. The lowest BCUT2D eigenvalue weighted by atomic mass is 9.81. The molecule has 3 aliphatic rings. The number of thioether (sulfide) groups is 1. The molecule has 52 heavy (non-hydrogen) atoms. The first kappa shape index (κ1) is 30.5. The van der Waals surface area contributed by atoms with Gasteiger partial charge in [0.15, 0.2) is 11.5 Å². The number of anilines is 1. The minimum absolute atomic E-state index is 0.250. The number of rotatable bonds is 7. The van der Waals surface area contributed by atoms with E-state index in [9.17, 15) is 0 Å². The van der Waals surface area contributed by atoms with Gasteiger partial charge >= 0.3 is 0 Å². The highest BCUT2D eigenvalue weighted by atomic mass is 32.2. The van der Waals surface area contributed by atoms with E-state index >= 15 is 0 Å². The highest BCUT2D eigenvalue weighted by molar-refractivity contribution is 8.00. The first-order valence-electron chi connectivity index (χ1n) is 17.0. The minimum atomic E-state index is -1.13. The average Bonchev–Trinajstić information content (AvgIpc) is 4.05. The van der Waals surface area contributed by atoms with Gasteiger partial charge in [-0.25, -0.2) is 9.88 Å². The normalized spacial score (nSPS) is 22.8. The molecule has 3 N–H and O–H groups in total. The summed E-state index contributed by atoms with van der Waals surface area (Å²) in [5.74, 6) is 1.49. The highest BCUT2D eigenvalue weighted by Gasteiger charge is 2.62. The monoisotopic (exact) mass is 697 g/mol. The van der Waals surface area contributed by atoms with Crippen molar-refractivity contribution in [2.45, 2.75) is 28.0 Å². The van der Waals surface area contributed by atoms with Crippen molar-refractivity contribution < 1.29 is 0 Å². The van der Waals surface area contributed by atoms with Gasteiger partial charge < -0.3 is 9.97 Å². The number of hydrogen-bond donors (Lipinski definition) is 3. The number of nitrogens with one attached hydrogen (secondary N) is 3. The van der Waals surface area contributed by atoms with E-state index < -0.39 is 17.7 Å². The predicted octanol–water partition coefficient (Wildman–Crippen LogP) is 7.24. The van der Waals surface area contributed by atoms with Crippen LogP contribution in [0.15, 0.2) is 150 Å². The third kappa shape index (κ3) is 4.72. The van der Waals surface area contributed by atoms with E-state index in [1.165, 1.54) is 21.2 Å². The number of H-pyrrole nitrogens is 3. The number of nitrogens with zero attached hydrogens (tertiary/aromatic N) is 8. The summed E-state index contributed by atoms with van der Waals surface area (Å²) in [6.07, 6.45) is 25.1. The molecule has 0 saturated heterocycles. The Labute approximate surface area is 303 Å². The molecular formula is C40H31N11S.